The van der Waals surface area contributed by atoms with Gasteiger partial charge in [-0.05, 0) is 84.2 Å². The Kier molecular flexibility index (Phi) is 20.9. The molecule has 21 nitrogen and oxygen atoms in total. The zero-order valence-electron chi connectivity index (χ0n) is 39.7. The van der Waals surface area contributed by atoms with Crippen molar-refractivity contribution in [3.63, 3.8) is 0 Å². The molecule has 368 valence electrons. The maximum atomic E-state index is 13.5. The van der Waals surface area contributed by atoms with E-state index in [9.17, 15) is 38.4 Å². The highest BCUT2D eigenvalue weighted by atomic mass is 16.6. The third-order valence-corrected chi connectivity index (χ3v) is 10.2. The number of cyclic esters (lactones) is 1. The predicted molar refractivity (Wildman–Crippen MR) is 244 cm³/mol. The number of ether oxygens (including phenoxy) is 4. The molecule has 5 amide bonds. The lowest BCUT2D eigenvalue weighted by molar-refractivity contribution is -0.176. The molecule has 0 spiro atoms. The van der Waals surface area contributed by atoms with Crippen LogP contribution in [-0.4, -0.2) is 113 Å². The van der Waals surface area contributed by atoms with Crippen molar-refractivity contribution >= 4 is 52.6 Å². The number of nitrogens with two attached hydrogens (primary N) is 1. The van der Waals surface area contributed by atoms with Crippen molar-refractivity contribution in [1.82, 2.24) is 30.8 Å². The maximum absolute atomic E-state index is 13.5. The summed E-state index contributed by atoms with van der Waals surface area (Å²) in [7, 11) is 0. The lowest BCUT2D eigenvalue weighted by Crippen LogP contribution is -2.51. The summed E-state index contributed by atoms with van der Waals surface area (Å²) < 4.78 is 22.5. The van der Waals surface area contributed by atoms with Crippen molar-refractivity contribution < 1.29 is 62.7 Å². The molecule has 21 heteroatoms. The van der Waals surface area contributed by atoms with Crippen LogP contribution in [0, 0.1) is 5.41 Å². The number of hydrogen-bond donors (Lipinski definition) is 7. The number of primary amides is 1. The lowest BCUT2D eigenvalue weighted by Gasteiger charge is -2.27. The molecule has 0 saturated heterocycles. The summed E-state index contributed by atoms with van der Waals surface area (Å²) in [4.78, 5) is 102. The third-order valence-electron chi connectivity index (χ3n) is 10.2. The Morgan fingerprint density at radius 1 is 0.955 bits per heavy atom. The molecule has 0 radical (unpaired) electrons. The molecule has 5 rings (SSSR count). The van der Waals surface area contributed by atoms with Gasteiger partial charge in [0.1, 0.15) is 30.5 Å². The fourth-order valence-electron chi connectivity index (χ4n) is 6.75. The van der Waals surface area contributed by atoms with Gasteiger partial charge >= 0.3 is 18.0 Å². The van der Waals surface area contributed by atoms with E-state index in [4.69, 9.17) is 39.9 Å². The van der Waals surface area contributed by atoms with Gasteiger partial charge in [0.25, 0.3) is 5.56 Å². The molecule has 67 heavy (non-hydrogen) atoms. The number of aromatic nitrogens is 2. The highest BCUT2D eigenvalue weighted by Gasteiger charge is 2.39. The summed E-state index contributed by atoms with van der Waals surface area (Å²) >= 11 is 0. The van der Waals surface area contributed by atoms with Crippen LogP contribution >= 0.6 is 0 Å². The van der Waals surface area contributed by atoms with Crippen molar-refractivity contribution in [1.29, 1.82) is 0 Å². The Balaban J connectivity index is 0.000000352. The number of carbonyl (C=O) groups excluding carboxylic acids is 7. The van der Waals surface area contributed by atoms with Gasteiger partial charge < -0.3 is 60.7 Å². The maximum Gasteiger partial charge on any atom is 0.409 e. The molecular formula is C46H65N7O14. The highest BCUT2D eigenvalue weighted by molar-refractivity contribution is 5.93. The largest absolute Gasteiger partial charge is 0.458 e. The lowest BCUT2D eigenvalue weighted by atomic mass is 9.96. The van der Waals surface area contributed by atoms with E-state index in [0.29, 0.717) is 60.8 Å². The van der Waals surface area contributed by atoms with Crippen LogP contribution in [0.1, 0.15) is 110 Å². The molecule has 4 atom stereocenters. The van der Waals surface area contributed by atoms with Crippen molar-refractivity contribution in [2.45, 2.75) is 125 Å². The molecule has 0 fully saturated rings. The number of nitrogens with one attached hydrogen (secondary N) is 4. The van der Waals surface area contributed by atoms with Gasteiger partial charge in [-0.3, -0.25) is 28.8 Å². The molecule has 0 saturated carbocycles. The van der Waals surface area contributed by atoms with E-state index in [2.05, 4.69) is 21.3 Å². The molecule has 8 N–H and O–H groups in total. The molecule has 3 unspecified atom stereocenters. The Labute approximate surface area is 388 Å². The Morgan fingerprint density at radius 2 is 1.63 bits per heavy atom. The Bertz CT molecular complexity index is 2340. The molecule has 4 heterocycles. The number of aliphatic hydroxyl groups excluding tert-OH is 2. The van der Waals surface area contributed by atoms with Crippen LogP contribution in [0.25, 0.3) is 22.3 Å². The quantitative estimate of drug-likeness (QED) is 0.0554. The first kappa shape index (κ1) is 54.9. The van der Waals surface area contributed by atoms with Crippen molar-refractivity contribution in [2.24, 2.45) is 11.1 Å². The molecule has 0 bridgehead atoms. The first-order chi connectivity index (χ1) is 31.7. The fourth-order valence-corrected chi connectivity index (χ4v) is 6.75. The number of amides is 5. The standard InChI is InChI=1S/C26H25N3O7.C18H34N4O7.C2H6/c1-5-13-14-8-12(35-25(27)33)6-7-18(14)28-20-16(13)10-29-19(20)9-15-17(22(29)30)11-34-23(31)21(15)36-24(32)26(2,3)4;1-4-19-17(27)12(2)22-18(28)13(3)21-16(26)7-6-15(25)20-8-5-9-29-11-14(24)10-23;1-2/h6-9,21H,5,10-11H2,1-4H3,(H2,27,33);12-14,23-24H,4-11H2,1-3H3,(H,19,27)(H,20,25)(H,21,26)(H,22,28);1-2H3/t;12-,13?,14?;/m.0./s1. The van der Waals surface area contributed by atoms with E-state index < -0.39 is 59.6 Å². The van der Waals surface area contributed by atoms with Crippen molar-refractivity contribution in [2.75, 3.05) is 32.9 Å². The minimum Gasteiger partial charge on any atom is -0.458 e. The van der Waals surface area contributed by atoms with Gasteiger partial charge in [-0.15, -0.1) is 0 Å². The number of rotatable bonds is 18. The molecule has 1 aromatic carbocycles. The first-order valence-corrected chi connectivity index (χ1v) is 22.3. The van der Waals surface area contributed by atoms with Crippen molar-refractivity contribution in [3.8, 4) is 17.1 Å². The van der Waals surface area contributed by atoms with E-state index in [1.807, 2.05) is 20.8 Å². The number of aliphatic hydroxyl groups is 2. The van der Waals surface area contributed by atoms with Crippen LogP contribution in [0.3, 0.4) is 0 Å². The van der Waals surface area contributed by atoms with E-state index in [1.165, 1.54) is 6.92 Å². The predicted octanol–water partition coefficient (Wildman–Crippen LogP) is 1.95. The fraction of sp³-hybridized carbons (Fsp3) is 0.543. The normalized spacial score (nSPS) is 14.7. The SMILES string of the molecule is CC.CCNC(=O)[C@H](C)NC(=O)C(C)NC(=O)CCC(=O)NCCCOCC(O)CO.CCc1c2c(nc3ccc(OC(N)=O)cc13)-c1cc3c(c(=O)n1C2)COC(=O)C3OC(=O)C(C)(C)C. The van der Waals surface area contributed by atoms with E-state index in [1.54, 1.807) is 63.5 Å². The second-order valence-electron chi connectivity index (χ2n) is 16.4. The first-order valence-electron chi connectivity index (χ1n) is 22.3. The van der Waals surface area contributed by atoms with Crippen LogP contribution in [0.2, 0.25) is 0 Å². The summed E-state index contributed by atoms with van der Waals surface area (Å²) in [5.74, 6) is -2.56. The van der Waals surface area contributed by atoms with Gasteiger partial charge in [-0.1, -0.05) is 20.8 Å². The summed E-state index contributed by atoms with van der Waals surface area (Å²) in [5.41, 5.74) is 8.19. The van der Waals surface area contributed by atoms with Crippen LogP contribution in [-0.2, 0) is 62.6 Å². The zero-order valence-corrected chi connectivity index (χ0v) is 39.7. The second-order valence-corrected chi connectivity index (χ2v) is 16.4. The summed E-state index contributed by atoms with van der Waals surface area (Å²) in [5, 5.41) is 28.7. The number of hydrogen-bond acceptors (Lipinski definition) is 15. The number of pyridine rings is 2. The number of nitrogens with zero attached hydrogens (tertiary/aromatic N) is 2. The number of likely N-dealkylation sites (N-methyl/N-ethyl adjacent to an activating group) is 1. The summed E-state index contributed by atoms with van der Waals surface area (Å²) in [6.07, 6.45) is -2.10. The number of benzene rings is 1. The molecule has 0 aliphatic carbocycles. The minimum absolute atomic E-state index is 0.0262. The van der Waals surface area contributed by atoms with Gasteiger partial charge in [0.15, 0.2) is 0 Å². The highest BCUT2D eigenvalue weighted by Crippen LogP contribution is 2.39. The van der Waals surface area contributed by atoms with Gasteiger partial charge in [-0.2, -0.15) is 0 Å². The van der Waals surface area contributed by atoms with E-state index >= 15 is 0 Å². The molecule has 3 aromatic rings. The Morgan fingerprint density at radius 3 is 2.25 bits per heavy atom. The van der Waals surface area contributed by atoms with Gasteiger partial charge in [0, 0.05) is 49.1 Å². The van der Waals surface area contributed by atoms with Gasteiger partial charge in [0.05, 0.1) is 47.6 Å². The molecule has 2 aromatic heterocycles. The number of aryl methyl sites for hydroxylation is 1. The van der Waals surface area contributed by atoms with Gasteiger partial charge in [-0.25, -0.2) is 14.6 Å². The van der Waals surface area contributed by atoms with Crippen LogP contribution in [0.5, 0.6) is 5.75 Å². The molecular weight excluding hydrogens is 875 g/mol. The van der Waals surface area contributed by atoms with Crippen LogP contribution < -0.4 is 37.3 Å². The number of carbonyl (C=O) groups is 7. The summed E-state index contributed by atoms with van der Waals surface area (Å²) in [6.45, 7) is 16.7. The van der Waals surface area contributed by atoms with Crippen LogP contribution in [0.4, 0.5) is 4.79 Å². The van der Waals surface area contributed by atoms with Crippen molar-refractivity contribution in [3.05, 3.63) is 56.9 Å². The number of fused-ring (bicyclic) bond motifs is 5. The van der Waals surface area contributed by atoms with E-state index in [0.717, 1.165) is 16.5 Å². The van der Waals surface area contributed by atoms with Crippen LogP contribution in [0.15, 0.2) is 29.1 Å². The third kappa shape index (κ3) is 15.0. The topological polar surface area (TPSA) is 306 Å². The number of esters is 2. The molecule has 2 aliphatic rings. The van der Waals surface area contributed by atoms with E-state index in [-0.39, 0.29) is 62.1 Å². The summed E-state index contributed by atoms with van der Waals surface area (Å²) in [6, 6.07) is 5.16. The zero-order chi connectivity index (χ0) is 50.2. The minimum atomic E-state index is -1.33. The Hall–Kier alpha value is -6.45. The average molecular weight is 940 g/mol. The van der Waals surface area contributed by atoms with Gasteiger partial charge in [0.2, 0.25) is 29.7 Å². The monoisotopic (exact) mass is 939 g/mol. The molecule has 2 aliphatic heterocycles. The average Bonchev–Trinajstić information content (AvgIpc) is 3.65. The second kappa shape index (κ2) is 25.5. The smallest absolute Gasteiger partial charge is 0.409 e.